The largest absolute Gasteiger partial charge is 0.487 e. The zero-order valence-electron chi connectivity index (χ0n) is 18.9. The summed E-state index contributed by atoms with van der Waals surface area (Å²) in [7, 11) is 0. The highest BCUT2D eigenvalue weighted by Gasteiger charge is 2.30. The van der Waals surface area contributed by atoms with E-state index in [0.29, 0.717) is 0 Å². The van der Waals surface area contributed by atoms with Gasteiger partial charge in [0, 0.05) is 21.7 Å². The Bertz CT molecular complexity index is 1160. The summed E-state index contributed by atoms with van der Waals surface area (Å²) in [4.78, 5) is 26.0. The molecule has 0 saturated heterocycles. The summed E-state index contributed by atoms with van der Waals surface area (Å²) < 4.78 is 19.7. The third kappa shape index (κ3) is 6.85. The fourth-order valence-electron chi connectivity index (χ4n) is 3.04. The van der Waals surface area contributed by atoms with Crippen molar-refractivity contribution in [3.05, 3.63) is 93.7 Å². The second-order valence-corrected chi connectivity index (χ2v) is 9.32. The monoisotopic (exact) mass is 503 g/mol. The molecule has 0 aliphatic rings. The molecule has 0 heterocycles. The Kier molecular flexibility index (Phi) is 8.02. The van der Waals surface area contributed by atoms with Crippen molar-refractivity contribution in [1.29, 1.82) is 0 Å². The Morgan fingerprint density at radius 1 is 0.971 bits per heavy atom. The number of ether oxygens (including phenoxy) is 1. The van der Waals surface area contributed by atoms with Gasteiger partial charge >= 0.3 is 6.03 Å². The van der Waals surface area contributed by atoms with Gasteiger partial charge in [0.2, 0.25) is 0 Å². The minimum absolute atomic E-state index is 0.112. The summed E-state index contributed by atoms with van der Waals surface area (Å²) in [6.45, 7) is 5.46. The number of anilines is 1. The van der Waals surface area contributed by atoms with Crippen LogP contribution in [0.3, 0.4) is 0 Å². The fraction of sp³-hybridized carbons (Fsp3) is 0.200. The first kappa shape index (κ1) is 25.3. The van der Waals surface area contributed by atoms with Crippen molar-refractivity contribution in [2.75, 3.05) is 5.32 Å². The van der Waals surface area contributed by atoms with Crippen LogP contribution in [0, 0.1) is 5.82 Å². The molecule has 0 aliphatic heterocycles. The number of hydrogen-bond donors (Lipinski definition) is 2. The van der Waals surface area contributed by atoms with Crippen LogP contribution in [0.1, 0.15) is 36.7 Å². The first-order valence-corrected chi connectivity index (χ1v) is 11.1. The van der Waals surface area contributed by atoms with E-state index in [2.05, 4.69) is 10.7 Å². The molecule has 178 valence electrons. The number of hydrogen-bond acceptors (Lipinski definition) is 3. The second kappa shape index (κ2) is 10.8. The molecule has 0 fully saturated rings. The van der Waals surface area contributed by atoms with Gasteiger partial charge in [-0.15, -0.1) is 0 Å². The van der Waals surface area contributed by atoms with Gasteiger partial charge in [0.05, 0.1) is 11.2 Å². The minimum Gasteiger partial charge on any atom is -0.487 e. The Morgan fingerprint density at radius 3 is 2.24 bits per heavy atom. The van der Waals surface area contributed by atoms with E-state index in [-0.39, 0.29) is 33.7 Å². The molecule has 0 atom stereocenters. The number of benzene rings is 3. The van der Waals surface area contributed by atoms with Crippen molar-refractivity contribution < 1.29 is 18.7 Å². The van der Waals surface area contributed by atoms with E-state index in [0.717, 1.165) is 16.6 Å². The van der Waals surface area contributed by atoms with Crippen molar-refractivity contribution in [2.45, 2.75) is 32.9 Å². The van der Waals surface area contributed by atoms with Crippen LogP contribution in [0.2, 0.25) is 10.0 Å². The zero-order chi connectivity index (χ0) is 24.9. The SMILES string of the molecule is CC(C)(C)N(NC(=O)Nc1cc(F)ccc1OCc1ccccc1)C(=O)c1cc(Cl)cc(Cl)c1. The third-order valence-electron chi connectivity index (χ3n) is 4.62. The Morgan fingerprint density at radius 2 is 1.62 bits per heavy atom. The number of halogens is 3. The van der Waals surface area contributed by atoms with E-state index >= 15 is 0 Å². The molecule has 0 aromatic heterocycles. The number of carbonyl (C=O) groups is 2. The van der Waals surface area contributed by atoms with Crippen molar-refractivity contribution >= 4 is 40.8 Å². The van der Waals surface area contributed by atoms with Gasteiger partial charge in [-0.1, -0.05) is 53.5 Å². The molecular formula is C25H24Cl2FN3O3. The van der Waals surface area contributed by atoms with Gasteiger partial charge in [-0.3, -0.25) is 4.79 Å². The fourth-order valence-corrected chi connectivity index (χ4v) is 3.57. The van der Waals surface area contributed by atoms with E-state index in [9.17, 15) is 14.0 Å². The van der Waals surface area contributed by atoms with Crippen LogP contribution < -0.4 is 15.5 Å². The van der Waals surface area contributed by atoms with E-state index in [1.807, 2.05) is 30.3 Å². The molecule has 3 rings (SSSR count). The third-order valence-corrected chi connectivity index (χ3v) is 5.06. The number of amides is 3. The highest BCUT2D eigenvalue weighted by Crippen LogP contribution is 2.27. The van der Waals surface area contributed by atoms with E-state index in [1.165, 1.54) is 30.3 Å². The topological polar surface area (TPSA) is 70.7 Å². The number of nitrogens with one attached hydrogen (secondary N) is 2. The second-order valence-electron chi connectivity index (χ2n) is 8.45. The van der Waals surface area contributed by atoms with E-state index in [4.69, 9.17) is 27.9 Å². The van der Waals surface area contributed by atoms with Crippen LogP contribution in [0.4, 0.5) is 14.9 Å². The minimum atomic E-state index is -0.808. The summed E-state index contributed by atoms with van der Waals surface area (Å²) >= 11 is 12.1. The van der Waals surface area contributed by atoms with Gasteiger partial charge in [-0.05, 0) is 56.7 Å². The number of carbonyl (C=O) groups excluding carboxylic acids is 2. The molecule has 34 heavy (non-hydrogen) atoms. The normalized spacial score (nSPS) is 11.0. The molecular weight excluding hydrogens is 480 g/mol. The number of rotatable bonds is 5. The summed E-state index contributed by atoms with van der Waals surface area (Å²) in [6, 6.07) is 16.9. The van der Waals surface area contributed by atoms with Gasteiger partial charge in [0.15, 0.2) is 0 Å². The molecule has 0 saturated carbocycles. The van der Waals surface area contributed by atoms with E-state index in [1.54, 1.807) is 20.8 Å². The predicted octanol–water partition coefficient (Wildman–Crippen LogP) is 6.69. The molecule has 2 N–H and O–H groups in total. The van der Waals surface area contributed by atoms with Gasteiger partial charge in [0.25, 0.3) is 5.91 Å². The van der Waals surface area contributed by atoms with Crippen LogP contribution in [0.5, 0.6) is 5.75 Å². The molecule has 6 nitrogen and oxygen atoms in total. The van der Waals surface area contributed by atoms with E-state index < -0.39 is 23.3 Å². The molecule has 0 bridgehead atoms. The smallest absolute Gasteiger partial charge is 0.338 e. The van der Waals surface area contributed by atoms with Crippen LogP contribution in [0.15, 0.2) is 66.7 Å². The average Bonchev–Trinajstić information content (AvgIpc) is 2.76. The highest BCUT2D eigenvalue weighted by molar-refractivity contribution is 6.35. The van der Waals surface area contributed by atoms with Crippen molar-refractivity contribution in [1.82, 2.24) is 10.4 Å². The molecule has 0 radical (unpaired) electrons. The van der Waals surface area contributed by atoms with Crippen molar-refractivity contribution in [3.63, 3.8) is 0 Å². The summed E-state index contributed by atoms with van der Waals surface area (Å²) in [6.07, 6.45) is 0. The standard InChI is InChI=1S/C25H24Cl2FN3O3/c1-25(2,3)31(23(32)17-11-18(26)13-19(27)12-17)30-24(33)29-21-14-20(28)9-10-22(21)34-15-16-7-5-4-6-8-16/h4-14H,15H2,1-3H3,(H2,29,30,33). The molecule has 3 aromatic carbocycles. The molecule has 9 heteroatoms. The van der Waals surface area contributed by atoms with Gasteiger partial charge in [0.1, 0.15) is 18.2 Å². The summed E-state index contributed by atoms with van der Waals surface area (Å²) in [5.74, 6) is -0.804. The van der Waals surface area contributed by atoms with Crippen LogP contribution in [0.25, 0.3) is 0 Å². The quantitative estimate of drug-likeness (QED) is 0.381. The average molecular weight is 504 g/mol. The molecule has 3 amide bonds. The predicted molar refractivity (Wildman–Crippen MR) is 132 cm³/mol. The van der Waals surface area contributed by atoms with Gasteiger partial charge < -0.3 is 10.1 Å². The van der Waals surface area contributed by atoms with Crippen molar-refractivity contribution in [2.24, 2.45) is 0 Å². The van der Waals surface area contributed by atoms with Crippen LogP contribution in [-0.4, -0.2) is 22.5 Å². The maximum Gasteiger partial charge on any atom is 0.338 e. The number of urea groups is 1. The first-order valence-electron chi connectivity index (χ1n) is 10.4. The lowest BCUT2D eigenvalue weighted by Crippen LogP contribution is -2.56. The van der Waals surface area contributed by atoms with Crippen LogP contribution >= 0.6 is 23.2 Å². The molecule has 3 aromatic rings. The zero-order valence-corrected chi connectivity index (χ0v) is 20.4. The summed E-state index contributed by atoms with van der Waals surface area (Å²) in [5, 5.41) is 4.28. The Labute approximate surface area is 207 Å². The number of hydrazine groups is 1. The summed E-state index contributed by atoms with van der Waals surface area (Å²) in [5.41, 5.74) is 2.95. The van der Waals surface area contributed by atoms with Gasteiger partial charge in [-0.25, -0.2) is 19.6 Å². The lowest BCUT2D eigenvalue weighted by Gasteiger charge is -2.35. The lowest BCUT2D eigenvalue weighted by atomic mass is 10.1. The van der Waals surface area contributed by atoms with Crippen LogP contribution in [-0.2, 0) is 6.61 Å². The number of nitrogens with zero attached hydrogens (tertiary/aromatic N) is 1. The van der Waals surface area contributed by atoms with Gasteiger partial charge in [-0.2, -0.15) is 0 Å². The molecule has 0 unspecified atom stereocenters. The lowest BCUT2D eigenvalue weighted by molar-refractivity contribution is 0.0460. The maximum absolute atomic E-state index is 13.9. The van der Waals surface area contributed by atoms with Crippen molar-refractivity contribution in [3.8, 4) is 5.75 Å². The highest BCUT2D eigenvalue weighted by atomic mass is 35.5. The first-order chi connectivity index (χ1) is 16.0. The maximum atomic E-state index is 13.9. The Hall–Kier alpha value is -3.29. The molecule has 0 spiro atoms. The molecule has 0 aliphatic carbocycles. The Balaban J connectivity index is 1.78.